The number of halogens is 1. The first-order valence-corrected chi connectivity index (χ1v) is 12.2. The van der Waals surface area contributed by atoms with Crippen LogP contribution in [0.1, 0.15) is 70.5 Å². The van der Waals surface area contributed by atoms with Crippen LogP contribution in [0.4, 0.5) is 5.69 Å². The van der Waals surface area contributed by atoms with Crippen molar-refractivity contribution in [2.75, 3.05) is 5.32 Å². The largest absolute Gasteiger partial charge is 0.477 e. The van der Waals surface area contributed by atoms with Crippen molar-refractivity contribution in [1.82, 2.24) is 0 Å². The van der Waals surface area contributed by atoms with Crippen molar-refractivity contribution < 1.29 is 14.3 Å². The van der Waals surface area contributed by atoms with Gasteiger partial charge in [-0.15, -0.1) is 12.6 Å². The van der Waals surface area contributed by atoms with Gasteiger partial charge in [0.25, 0.3) is 0 Å². The van der Waals surface area contributed by atoms with Gasteiger partial charge >= 0.3 is 0 Å². The van der Waals surface area contributed by atoms with Crippen molar-refractivity contribution in [3.05, 3.63) is 59.1 Å². The Bertz CT molecular complexity index is 923. The highest BCUT2D eigenvalue weighted by Crippen LogP contribution is 2.42. The minimum absolute atomic E-state index is 0.0437. The van der Waals surface area contributed by atoms with E-state index in [-0.39, 0.29) is 11.3 Å². The molecule has 0 aromatic heterocycles. The molecule has 1 N–H and O–H groups in total. The first kappa shape index (κ1) is 24.7. The van der Waals surface area contributed by atoms with E-state index in [1.165, 1.54) is 6.42 Å². The molecular weight excluding hydrogens is 442 g/mol. The number of hydrogen-bond acceptors (Lipinski definition) is 3. The van der Waals surface area contributed by atoms with Crippen molar-refractivity contribution in [1.29, 1.82) is 0 Å². The van der Waals surface area contributed by atoms with Gasteiger partial charge in [-0.2, -0.15) is 0 Å². The highest BCUT2D eigenvalue weighted by molar-refractivity contribution is 7.96. The SMILES string of the molecule is CC(C)CCC1(C(=O)Nc2ccccc2[C@H](Oc2ccc(Cl)cc2)C(=O)S)CCCCC1. The summed E-state index contributed by atoms with van der Waals surface area (Å²) in [5.74, 6) is 1.10. The molecule has 0 bridgehead atoms. The number of carbonyl (C=O) groups excluding carboxylic acids is 2. The van der Waals surface area contributed by atoms with E-state index in [2.05, 4.69) is 31.8 Å². The van der Waals surface area contributed by atoms with Gasteiger partial charge in [0.1, 0.15) is 5.75 Å². The number of amides is 1. The first-order chi connectivity index (χ1) is 15.3. The summed E-state index contributed by atoms with van der Waals surface area (Å²) in [5, 5.41) is 3.29. The minimum atomic E-state index is -0.950. The van der Waals surface area contributed by atoms with E-state index in [1.807, 2.05) is 18.2 Å². The topological polar surface area (TPSA) is 55.4 Å². The predicted octanol–water partition coefficient (Wildman–Crippen LogP) is 7.24. The van der Waals surface area contributed by atoms with Crippen molar-refractivity contribution in [3.8, 4) is 5.75 Å². The molecule has 6 heteroatoms. The molecule has 2 aromatic carbocycles. The maximum atomic E-state index is 13.6. The van der Waals surface area contributed by atoms with Gasteiger partial charge in [-0.1, -0.05) is 62.9 Å². The number of carbonyl (C=O) groups is 2. The smallest absolute Gasteiger partial charge is 0.231 e. The Morgan fingerprint density at radius 2 is 1.72 bits per heavy atom. The van der Waals surface area contributed by atoms with Crippen LogP contribution < -0.4 is 10.1 Å². The van der Waals surface area contributed by atoms with Gasteiger partial charge in [-0.05, 0) is 61.9 Å². The predicted molar refractivity (Wildman–Crippen MR) is 133 cm³/mol. The lowest BCUT2D eigenvalue weighted by atomic mass is 9.69. The van der Waals surface area contributed by atoms with Gasteiger partial charge in [0.2, 0.25) is 11.0 Å². The zero-order valence-corrected chi connectivity index (χ0v) is 20.4. The van der Waals surface area contributed by atoms with E-state index < -0.39 is 11.2 Å². The highest BCUT2D eigenvalue weighted by Gasteiger charge is 2.39. The van der Waals surface area contributed by atoms with E-state index >= 15 is 0 Å². The minimum Gasteiger partial charge on any atom is -0.477 e. The second-order valence-electron chi connectivity index (χ2n) is 9.10. The number of nitrogens with one attached hydrogen (secondary N) is 1. The van der Waals surface area contributed by atoms with E-state index in [0.29, 0.717) is 27.9 Å². The number of benzene rings is 2. The molecule has 0 unspecified atom stereocenters. The Hall–Kier alpha value is -1.98. The second kappa shape index (κ2) is 11.2. The van der Waals surface area contributed by atoms with Gasteiger partial charge in [-0.25, -0.2) is 0 Å². The van der Waals surface area contributed by atoms with Crippen LogP contribution >= 0.6 is 24.2 Å². The zero-order chi connectivity index (χ0) is 23.1. The number of ether oxygens (including phenoxy) is 1. The van der Waals surface area contributed by atoms with Gasteiger partial charge < -0.3 is 10.1 Å². The summed E-state index contributed by atoms with van der Waals surface area (Å²) in [6, 6.07) is 14.1. The molecule has 1 atom stereocenters. The Kier molecular flexibility index (Phi) is 8.66. The third-order valence-corrected chi connectivity index (χ3v) is 6.76. The van der Waals surface area contributed by atoms with E-state index in [1.54, 1.807) is 30.3 Å². The van der Waals surface area contributed by atoms with Crippen LogP contribution in [0, 0.1) is 11.3 Å². The summed E-state index contributed by atoms with van der Waals surface area (Å²) in [6.45, 7) is 4.39. The molecule has 1 aliphatic rings. The second-order valence-corrected chi connectivity index (χ2v) is 9.98. The van der Waals surface area contributed by atoms with Crippen LogP contribution in [0.3, 0.4) is 0 Å². The van der Waals surface area contributed by atoms with Crippen LogP contribution in [0.5, 0.6) is 5.75 Å². The van der Waals surface area contributed by atoms with E-state index in [0.717, 1.165) is 38.5 Å². The maximum Gasteiger partial charge on any atom is 0.231 e. The molecule has 172 valence electrons. The van der Waals surface area contributed by atoms with Crippen molar-refractivity contribution >= 4 is 40.9 Å². The maximum absolute atomic E-state index is 13.6. The summed E-state index contributed by atoms with van der Waals surface area (Å²) in [7, 11) is 0. The Balaban J connectivity index is 1.85. The molecular formula is C26H32ClNO3S. The first-order valence-electron chi connectivity index (χ1n) is 11.4. The van der Waals surface area contributed by atoms with Crippen LogP contribution in [0.25, 0.3) is 0 Å². The van der Waals surface area contributed by atoms with Crippen molar-refractivity contribution in [3.63, 3.8) is 0 Å². The summed E-state index contributed by atoms with van der Waals surface area (Å²) in [5.41, 5.74) is 0.826. The molecule has 1 aliphatic carbocycles. The van der Waals surface area contributed by atoms with Crippen molar-refractivity contribution in [2.45, 2.75) is 64.9 Å². The molecule has 3 rings (SSSR count). The molecule has 0 aliphatic heterocycles. The van der Waals surface area contributed by atoms with Gasteiger partial charge in [0.05, 0.1) is 0 Å². The molecule has 0 heterocycles. The lowest BCUT2D eigenvalue weighted by molar-refractivity contribution is -0.128. The molecule has 1 amide bonds. The number of hydrogen-bond donors (Lipinski definition) is 2. The normalized spacial score (nSPS) is 16.4. The molecule has 0 radical (unpaired) electrons. The zero-order valence-electron chi connectivity index (χ0n) is 18.8. The van der Waals surface area contributed by atoms with Crippen molar-refractivity contribution in [2.24, 2.45) is 11.3 Å². The van der Waals surface area contributed by atoms with Crippen LogP contribution in [-0.4, -0.2) is 11.0 Å². The number of para-hydroxylation sites is 1. The molecule has 1 fully saturated rings. The number of rotatable bonds is 9. The summed E-state index contributed by atoms with van der Waals surface area (Å²) in [6.07, 6.45) is 6.09. The summed E-state index contributed by atoms with van der Waals surface area (Å²) < 4.78 is 5.95. The number of anilines is 1. The molecule has 1 saturated carbocycles. The van der Waals surface area contributed by atoms with Gasteiger partial charge in [-0.3, -0.25) is 9.59 Å². The third kappa shape index (κ3) is 6.29. The average molecular weight is 474 g/mol. The van der Waals surface area contributed by atoms with E-state index in [9.17, 15) is 9.59 Å². The Labute approximate surface area is 201 Å². The van der Waals surface area contributed by atoms with Crippen LogP contribution in [0.2, 0.25) is 5.02 Å². The quantitative estimate of drug-likeness (QED) is 0.377. The van der Waals surface area contributed by atoms with Crippen LogP contribution in [-0.2, 0) is 9.59 Å². The van der Waals surface area contributed by atoms with Gasteiger partial charge in [0, 0.05) is 21.7 Å². The van der Waals surface area contributed by atoms with Gasteiger partial charge in [0.15, 0.2) is 6.10 Å². The fraction of sp³-hybridized carbons (Fsp3) is 0.462. The molecule has 4 nitrogen and oxygen atoms in total. The number of thiol groups is 1. The average Bonchev–Trinajstić information content (AvgIpc) is 2.78. The summed E-state index contributed by atoms with van der Waals surface area (Å²) >= 11 is 10.0. The van der Waals surface area contributed by atoms with Crippen LogP contribution in [0.15, 0.2) is 48.5 Å². The standard InChI is InChI=1S/C26H32ClNO3S/c1-18(2)14-17-26(15-6-3-7-16-26)25(30)28-22-9-5-4-8-21(22)23(24(29)32)31-20-12-10-19(27)11-13-20/h4-5,8-13,18,23H,3,6-7,14-17H2,1-2H3,(H,28,30)(H,29,32)/t23-/m0/s1. The molecule has 2 aromatic rings. The Morgan fingerprint density at radius 3 is 2.34 bits per heavy atom. The molecule has 32 heavy (non-hydrogen) atoms. The highest BCUT2D eigenvalue weighted by atomic mass is 35.5. The summed E-state index contributed by atoms with van der Waals surface area (Å²) in [4.78, 5) is 26.0. The fourth-order valence-corrected chi connectivity index (χ4v) is 4.69. The molecule has 0 spiro atoms. The lowest BCUT2D eigenvalue weighted by Gasteiger charge is -2.36. The van der Waals surface area contributed by atoms with E-state index in [4.69, 9.17) is 16.3 Å². The monoisotopic (exact) mass is 473 g/mol. The Morgan fingerprint density at radius 1 is 1.06 bits per heavy atom. The third-order valence-electron chi connectivity index (χ3n) is 6.28. The lowest BCUT2D eigenvalue weighted by Crippen LogP contribution is -2.38. The fourth-order valence-electron chi connectivity index (χ4n) is 4.37. The molecule has 0 saturated heterocycles.